The average molecular weight is 481 g/mol. The van der Waals surface area contributed by atoms with Crippen molar-refractivity contribution in [2.75, 3.05) is 33.3 Å². The average Bonchev–Trinajstić information content (AvgIpc) is 3.32. The van der Waals surface area contributed by atoms with Crippen molar-refractivity contribution in [3.8, 4) is 23.8 Å². The predicted octanol–water partition coefficient (Wildman–Crippen LogP) is 2.95. The van der Waals surface area contributed by atoms with Gasteiger partial charge in [0.15, 0.2) is 0 Å². The molecule has 1 N–H and O–H groups in total. The summed E-state index contributed by atoms with van der Waals surface area (Å²) in [5.41, 5.74) is 2.62. The Kier molecular flexibility index (Phi) is 6.81. The van der Waals surface area contributed by atoms with Crippen LogP contribution in [0, 0.1) is 0 Å². The molecule has 4 aromatic rings. The molecule has 3 heterocycles. The Balaban J connectivity index is 1.76. The molecule has 0 spiro atoms. The Morgan fingerprint density at radius 3 is 1.94 bits per heavy atom. The van der Waals surface area contributed by atoms with E-state index in [9.17, 15) is 9.90 Å². The highest BCUT2D eigenvalue weighted by atomic mass is 16.5. The minimum absolute atomic E-state index is 0.140. The van der Waals surface area contributed by atoms with E-state index in [1.54, 1.807) is 18.5 Å². The molecule has 35 heavy (non-hydrogen) atoms. The van der Waals surface area contributed by atoms with Crippen molar-refractivity contribution >= 4 is 22.6 Å². The number of benzene rings is 1. The Hall–Kier alpha value is -4.61. The molecule has 0 fully saturated rings. The van der Waals surface area contributed by atoms with E-state index in [0.717, 1.165) is 5.69 Å². The number of anilines is 1. The Bertz CT molecular complexity index is 1300. The summed E-state index contributed by atoms with van der Waals surface area (Å²) in [6.45, 7) is 0.662. The number of nitrogens with zero attached hydrogens (tertiary/aromatic N) is 5. The molecule has 0 aliphatic heterocycles. The molecule has 0 radical (unpaired) electrons. The van der Waals surface area contributed by atoms with Gasteiger partial charge in [-0.05, 0) is 24.3 Å². The van der Waals surface area contributed by atoms with Gasteiger partial charge in [-0.15, -0.1) is 0 Å². The summed E-state index contributed by atoms with van der Waals surface area (Å²) < 4.78 is 26.5. The zero-order valence-electron chi connectivity index (χ0n) is 19.5. The lowest BCUT2D eigenvalue weighted by Gasteiger charge is -2.26. The second-order valence-electron chi connectivity index (χ2n) is 7.28. The smallest absolute Gasteiger partial charge is 0.371 e. The SMILES string of the molecule is COc1ncc(CN(Cc2cnc(OC)nc2OC)c2ccc3oc(C(=O)O)cc3c2)c(OC)n1. The monoisotopic (exact) mass is 481 g/mol. The first kappa shape index (κ1) is 23.5. The maximum absolute atomic E-state index is 11.3. The van der Waals surface area contributed by atoms with Crippen LogP contribution in [0.4, 0.5) is 5.69 Å². The molecule has 0 atom stereocenters. The van der Waals surface area contributed by atoms with Gasteiger partial charge in [-0.3, -0.25) is 0 Å². The lowest BCUT2D eigenvalue weighted by Crippen LogP contribution is -2.23. The molecule has 0 aliphatic carbocycles. The topological polar surface area (TPSA) is 142 Å². The summed E-state index contributed by atoms with van der Waals surface area (Å²) in [7, 11) is 5.98. The van der Waals surface area contributed by atoms with Gasteiger partial charge in [0.25, 0.3) is 0 Å². The number of aromatic nitrogens is 4. The van der Waals surface area contributed by atoms with Crippen molar-refractivity contribution in [1.29, 1.82) is 0 Å². The summed E-state index contributed by atoms with van der Waals surface area (Å²) >= 11 is 0. The van der Waals surface area contributed by atoms with Gasteiger partial charge in [-0.25, -0.2) is 14.8 Å². The Morgan fingerprint density at radius 1 is 0.886 bits per heavy atom. The third-order valence-electron chi connectivity index (χ3n) is 5.16. The molecule has 0 saturated heterocycles. The van der Waals surface area contributed by atoms with E-state index in [0.29, 0.717) is 46.9 Å². The molecule has 1 aromatic carbocycles. The van der Waals surface area contributed by atoms with Crippen molar-refractivity contribution < 1.29 is 33.3 Å². The molecule has 0 bridgehead atoms. The van der Waals surface area contributed by atoms with E-state index in [4.69, 9.17) is 23.4 Å². The van der Waals surface area contributed by atoms with Gasteiger partial charge in [-0.2, -0.15) is 9.97 Å². The fourth-order valence-electron chi connectivity index (χ4n) is 3.50. The normalized spacial score (nSPS) is 10.7. The number of fused-ring (bicyclic) bond motifs is 1. The lowest BCUT2D eigenvalue weighted by molar-refractivity contribution is 0.0665. The number of rotatable bonds is 10. The minimum atomic E-state index is -1.14. The van der Waals surface area contributed by atoms with Crippen LogP contribution in [0.2, 0.25) is 0 Å². The van der Waals surface area contributed by atoms with Crippen LogP contribution in [0.25, 0.3) is 11.0 Å². The standard InChI is InChI=1S/C23H23N5O7/c1-31-19-14(9-24-22(26-19)33-3)11-28(12-15-10-25-23(34-4)27-20(15)32-2)16-5-6-17-13(7-16)8-18(35-17)21(29)30/h5-10H,11-12H2,1-4H3,(H,29,30). The second-order valence-corrected chi connectivity index (χ2v) is 7.28. The largest absolute Gasteiger partial charge is 0.481 e. The number of methoxy groups -OCH3 is 4. The van der Waals surface area contributed by atoms with Crippen LogP contribution >= 0.6 is 0 Å². The fraction of sp³-hybridized carbons (Fsp3) is 0.261. The Morgan fingerprint density at radius 2 is 1.46 bits per heavy atom. The summed E-state index contributed by atoms with van der Waals surface area (Å²) in [6, 6.07) is 7.22. The molecule has 182 valence electrons. The molecule has 0 amide bonds. The molecular weight excluding hydrogens is 458 g/mol. The highest BCUT2D eigenvalue weighted by Crippen LogP contribution is 2.30. The number of ether oxygens (including phenoxy) is 4. The van der Waals surface area contributed by atoms with Gasteiger partial charge in [-0.1, -0.05) is 0 Å². The molecular formula is C23H23N5O7. The first-order valence-electron chi connectivity index (χ1n) is 10.3. The van der Waals surface area contributed by atoms with E-state index in [-0.39, 0.29) is 17.8 Å². The number of hydrogen-bond acceptors (Lipinski definition) is 11. The van der Waals surface area contributed by atoms with Gasteiger partial charge < -0.3 is 33.4 Å². The van der Waals surface area contributed by atoms with E-state index in [1.165, 1.54) is 34.5 Å². The van der Waals surface area contributed by atoms with Crippen molar-refractivity contribution in [1.82, 2.24) is 19.9 Å². The second kappa shape index (κ2) is 10.1. The van der Waals surface area contributed by atoms with E-state index in [1.807, 2.05) is 17.0 Å². The van der Waals surface area contributed by atoms with Crippen molar-refractivity contribution in [2.24, 2.45) is 0 Å². The number of carbonyl (C=O) groups is 1. The van der Waals surface area contributed by atoms with Crippen LogP contribution in [-0.2, 0) is 13.1 Å². The molecule has 0 saturated carbocycles. The van der Waals surface area contributed by atoms with Crippen LogP contribution in [0.5, 0.6) is 23.8 Å². The summed E-state index contributed by atoms with van der Waals surface area (Å²) in [5, 5.41) is 9.91. The summed E-state index contributed by atoms with van der Waals surface area (Å²) in [4.78, 5) is 30.3. The van der Waals surface area contributed by atoms with Crippen LogP contribution in [0.3, 0.4) is 0 Å². The summed E-state index contributed by atoms with van der Waals surface area (Å²) in [5.74, 6) is -0.561. The first-order chi connectivity index (χ1) is 16.9. The minimum Gasteiger partial charge on any atom is -0.481 e. The molecule has 0 unspecified atom stereocenters. The highest BCUT2D eigenvalue weighted by Gasteiger charge is 2.19. The highest BCUT2D eigenvalue weighted by molar-refractivity contribution is 5.92. The number of carboxylic acids is 1. The zero-order chi connectivity index (χ0) is 24.9. The van der Waals surface area contributed by atoms with Crippen molar-refractivity contribution in [3.63, 3.8) is 0 Å². The maximum atomic E-state index is 11.3. The van der Waals surface area contributed by atoms with Gasteiger partial charge >= 0.3 is 18.0 Å². The van der Waals surface area contributed by atoms with Crippen molar-refractivity contribution in [2.45, 2.75) is 13.1 Å². The van der Waals surface area contributed by atoms with Crippen LogP contribution in [0.1, 0.15) is 21.7 Å². The Labute approximate surface area is 200 Å². The number of carboxylic acid groups (broad SMARTS) is 1. The van der Waals surface area contributed by atoms with Gasteiger partial charge in [0.1, 0.15) is 5.58 Å². The van der Waals surface area contributed by atoms with Crippen LogP contribution in [0.15, 0.2) is 41.1 Å². The van der Waals surface area contributed by atoms with E-state index in [2.05, 4.69) is 19.9 Å². The molecule has 0 aliphatic rings. The van der Waals surface area contributed by atoms with E-state index < -0.39 is 5.97 Å². The number of furan rings is 1. The van der Waals surface area contributed by atoms with Gasteiger partial charge in [0, 0.05) is 23.5 Å². The lowest BCUT2D eigenvalue weighted by atomic mass is 10.1. The zero-order valence-corrected chi connectivity index (χ0v) is 19.5. The summed E-state index contributed by atoms with van der Waals surface area (Å²) in [6.07, 6.45) is 3.25. The van der Waals surface area contributed by atoms with E-state index >= 15 is 0 Å². The maximum Gasteiger partial charge on any atom is 0.371 e. The molecule has 12 nitrogen and oxygen atoms in total. The van der Waals surface area contributed by atoms with Gasteiger partial charge in [0.2, 0.25) is 17.5 Å². The fourth-order valence-corrected chi connectivity index (χ4v) is 3.50. The van der Waals surface area contributed by atoms with Crippen LogP contribution < -0.4 is 23.8 Å². The van der Waals surface area contributed by atoms with Gasteiger partial charge in [0.05, 0.1) is 52.7 Å². The third-order valence-corrected chi connectivity index (χ3v) is 5.16. The quantitative estimate of drug-likeness (QED) is 0.356. The molecule has 12 heteroatoms. The van der Waals surface area contributed by atoms with Crippen LogP contribution in [-0.4, -0.2) is 59.5 Å². The first-order valence-corrected chi connectivity index (χ1v) is 10.3. The number of aromatic carboxylic acids is 1. The van der Waals surface area contributed by atoms with Crippen molar-refractivity contribution in [3.05, 3.63) is 53.5 Å². The molecule has 3 aromatic heterocycles. The third kappa shape index (κ3) is 5.00. The molecule has 4 rings (SSSR count). The predicted molar refractivity (Wildman–Crippen MR) is 123 cm³/mol. The number of hydrogen-bond donors (Lipinski definition) is 1.